The normalized spacial score (nSPS) is 12.4. The second kappa shape index (κ2) is 3.99. The number of nitrogen functional groups attached to an aromatic ring is 1. The van der Waals surface area contributed by atoms with Crippen LogP contribution >= 0.6 is 0 Å². The fraction of sp³-hybridized carbons (Fsp3) is 0.500. The standard InChI is InChI=1S/C10H15N3/c1-4-6-13-7-12-9(10(13)11)8(3)5-2/h1,7-8H,5-6,11H2,2-3H3. The maximum absolute atomic E-state index is 5.87. The minimum atomic E-state index is 0.402. The molecule has 3 nitrogen and oxygen atoms in total. The number of terminal acetylenes is 1. The van der Waals surface area contributed by atoms with Gasteiger partial charge in [0.25, 0.3) is 0 Å². The molecule has 0 saturated carbocycles. The third-order valence-electron chi connectivity index (χ3n) is 2.25. The Morgan fingerprint density at radius 3 is 3.00 bits per heavy atom. The van der Waals surface area contributed by atoms with Gasteiger partial charge in [-0.25, -0.2) is 4.98 Å². The molecule has 0 aliphatic heterocycles. The number of imidazole rings is 1. The molecule has 0 saturated heterocycles. The van der Waals surface area contributed by atoms with Gasteiger partial charge in [0, 0.05) is 5.92 Å². The summed E-state index contributed by atoms with van der Waals surface area (Å²) in [5.74, 6) is 3.64. The summed E-state index contributed by atoms with van der Waals surface area (Å²) in [5.41, 5.74) is 6.83. The molecule has 3 heteroatoms. The number of rotatable bonds is 3. The predicted molar refractivity (Wildman–Crippen MR) is 54.2 cm³/mol. The lowest BCUT2D eigenvalue weighted by atomic mass is 10.1. The van der Waals surface area contributed by atoms with E-state index in [1.807, 2.05) is 0 Å². The Balaban J connectivity index is 2.93. The molecule has 2 N–H and O–H groups in total. The number of aromatic nitrogens is 2. The monoisotopic (exact) mass is 177 g/mol. The zero-order valence-electron chi connectivity index (χ0n) is 8.12. The van der Waals surface area contributed by atoms with E-state index in [-0.39, 0.29) is 0 Å². The first-order chi connectivity index (χ1) is 6.20. The molecule has 0 aliphatic rings. The van der Waals surface area contributed by atoms with Crippen molar-refractivity contribution in [3.8, 4) is 12.3 Å². The lowest BCUT2D eigenvalue weighted by Crippen LogP contribution is -2.03. The summed E-state index contributed by atoms with van der Waals surface area (Å²) in [6, 6.07) is 0. The van der Waals surface area contributed by atoms with E-state index in [9.17, 15) is 0 Å². The Hall–Kier alpha value is -1.43. The molecule has 0 radical (unpaired) electrons. The highest BCUT2D eigenvalue weighted by Crippen LogP contribution is 2.22. The molecule has 1 aromatic heterocycles. The molecule has 0 aromatic carbocycles. The molecule has 1 atom stereocenters. The van der Waals surface area contributed by atoms with Crippen molar-refractivity contribution in [2.75, 3.05) is 5.73 Å². The summed E-state index contributed by atoms with van der Waals surface area (Å²) in [4.78, 5) is 4.25. The third kappa shape index (κ3) is 1.83. The molecule has 0 amide bonds. The number of nitrogens with two attached hydrogens (primary N) is 1. The second-order valence-corrected chi connectivity index (χ2v) is 3.16. The Kier molecular flexibility index (Phi) is 2.97. The van der Waals surface area contributed by atoms with Crippen LogP contribution in [0.2, 0.25) is 0 Å². The van der Waals surface area contributed by atoms with Crippen LogP contribution < -0.4 is 5.73 Å². The molecule has 1 aromatic rings. The van der Waals surface area contributed by atoms with Gasteiger partial charge in [0.15, 0.2) is 0 Å². The quantitative estimate of drug-likeness (QED) is 0.713. The van der Waals surface area contributed by atoms with Crippen LogP contribution in [0.15, 0.2) is 6.33 Å². The van der Waals surface area contributed by atoms with E-state index in [4.69, 9.17) is 12.2 Å². The van der Waals surface area contributed by atoms with E-state index >= 15 is 0 Å². The van der Waals surface area contributed by atoms with E-state index in [1.54, 1.807) is 10.9 Å². The van der Waals surface area contributed by atoms with Crippen molar-refractivity contribution in [2.45, 2.75) is 32.7 Å². The van der Waals surface area contributed by atoms with Crippen LogP contribution in [0.25, 0.3) is 0 Å². The Morgan fingerprint density at radius 2 is 2.46 bits per heavy atom. The fourth-order valence-electron chi connectivity index (χ4n) is 1.20. The van der Waals surface area contributed by atoms with Crippen molar-refractivity contribution in [2.24, 2.45) is 0 Å². The summed E-state index contributed by atoms with van der Waals surface area (Å²) >= 11 is 0. The summed E-state index contributed by atoms with van der Waals surface area (Å²) in [6.45, 7) is 4.72. The van der Waals surface area contributed by atoms with Crippen LogP contribution in [0, 0.1) is 12.3 Å². The minimum Gasteiger partial charge on any atom is -0.384 e. The molecule has 0 spiro atoms. The summed E-state index contributed by atoms with van der Waals surface area (Å²) < 4.78 is 1.79. The van der Waals surface area contributed by atoms with E-state index in [0.717, 1.165) is 12.1 Å². The highest BCUT2D eigenvalue weighted by molar-refractivity contribution is 5.38. The highest BCUT2D eigenvalue weighted by Gasteiger charge is 2.12. The van der Waals surface area contributed by atoms with Gasteiger partial charge in [0.05, 0.1) is 18.6 Å². The van der Waals surface area contributed by atoms with Crippen LogP contribution in [-0.2, 0) is 6.54 Å². The van der Waals surface area contributed by atoms with Crippen molar-refractivity contribution in [3.63, 3.8) is 0 Å². The van der Waals surface area contributed by atoms with Crippen molar-refractivity contribution in [1.29, 1.82) is 0 Å². The zero-order chi connectivity index (χ0) is 9.84. The van der Waals surface area contributed by atoms with Gasteiger partial charge in [-0.15, -0.1) is 6.42 Å². The van der Waals surface area contributed by atoms with Crippen molar-refractivity contribution in [1.82, 2.24) is 9.55 Å². The van der Waals surface area contributed by atoms with Crippen LogP contribution in [0.4, 0.5) is 5.82 Å². The molecular formula is C10H15N3. The molecule has 1 heterocycles. The van der Waals surface area contributed by atoms with Gasteiger partial charge in [-0.3, -0.25) is 0 Å². The third-order valence-corrected chi connectivity index (χ3v) is 2.25. The fourth-order valence-corrected chi connectivity index (χ4v) is 1.20. The molecule has 13 heavy (non-hydrogen) atoms. The smallest absolute Gasteiger partial charge is 0.127 e. The summed E-state index contributed by atoms with van der Waals surface area (Å²) in [6.07, 6.45) is 7.94. The van der Waals surface area contributed by atoms with Gasteiger partial charge in [-0.2, -0.15) is 0 Å². The Bertz CT molecular complexity index is 319. The van der Waals surface area contributed by atoms with E-state index < -0.39 is 0 Å². The summed E-state index contributed by atoms with van der Waals surface area (Å²) in [5, 5.41) is 0. The van der Waals surface area contributed by atoms with Gasteiger partial charge in [0.2, 0.25) is 0 Å². The molecule has 0 fully saturated rings. The highest BCUT2D eigenvalue weighted by atomic mass is 15.1. The van der Waals surface area contributed by atoms with Crippen LogP contribution in [0.1, 0.15) is 31.9 Å². The number of nitrogens with zero attached hydrogens (tertiary/aromatic N) is 2. The van der Waals surface area contributed by atoms with Gasteiger partial charge in [0.1, 0.15) is 5.82 Å². The number of anilines is 1. The topological polar surface area (TPSA) is 43.8 Å². The molecule has 1 rings (SSSR count). The SMILES string of the molecule is C#CCn1cnc(C(C)CC)c1N. The number of hydrogen-bond acceptors (Lipinski definition) is 2. The maximum atomic E-state index is 5.87. The maximum Gasteiger partial charge on any atom is 0.127 e. The average molecular weight is 177 g/mol. The Morgan fingerprint density at radius 1 is 1.77 bits per heavy atom. The molecule has 1 unspecified atom stereocenters. The van der Waals surface area contributed by atoms with E-state index in [1.165, 1.54) is 0 Å². The van der Waals surface area contributed by atoms with Gasteiger partial charge in [-0.05, 0) is 6.42 Å². The average Bonchev–Trinajstić information content (AvgIpc) is 2.48. The summed E-state index contributed by atoms with van der Waals surface area (Å²) in [7, 11) is 0. The molecule has 70 valence electrons. The second-order valence-electron chi connectivity index (χ2n) is 3.16. The molecular weight excluding hydrogens is 162 g/mol. The number of hydrogen-bond donors (Lipinski definition) is 1. The molecule has 0 bridgehead atoms. The molecule has 0 aliphatic carbocycles. The van der Waals surface area contributed by atoms with Crippen LogP contribution in [0.5, 0.6) is 0 Å². The minimum absolute atomic E-state index is 0.402. The first-order valence-corrected chi connectivity index (χ1v) is 4.44. The zero-order valence-corrected chi connectivity index (χ0v) is 8.12. The van der Waals surface area contributed by atoms with E-state index in [0.29, 0.717) is 18.3 Å². The van der Waals surface area contributed by atoms with Crippen molar-refractivity contribution < 1.29 is 0 Å². The van der Waals surface area contributed by atoms with Gasteiger partial charge < -0.3 is 10.3 Å². The lowest BCUT2D eigenvalue weighted by molar-refractivity contribution is 0.714. The van der Waals surface area contributed by atoms with Crippen molar-refractivity contribution >= 4 is 5.82 Å². The Labute approximate surface area is 79.0 Å². The van der Waals surface area contributed by atoms with Crippen LogP contribution in [0.3, 0.4) is 0 Å². The largest absolute Gasteiger partial charge is 0.384 e. The first kappa shape index (κ1) is 9.66. The predicted octanol–water partition coefficient (Wildman–Crippen LogP) is 1.61. The van der Waals surface area contributed by atoms with Crippen molar-refractivity contribution in [3.05, 3.63) is 12.0 Å². The van der Waals surface area contributed by atoms with E-state index in [2.05, 4.69) is 24.8 Å². The first-order valence-electron chi connectivity index (χ1n) is 4.44. The van der Waals surface area contributed by atoms with Crippen LogP contribution in [-0.4, -0.2) is 9.55 Å². The lowest BCUT2D eigenvalue weighted by Gasteiger charge is -2.06. The van der Waals surface area contributed by atoms with Gasteiger partial charge >= 0.3 is 0 Å². The van der Waals surface area contributed by atoms with Gasteiger partial charge in [-0.1, -0.05) is 19.8 Å².